The van der Waals surface area contributed by atoms with E-state index >= 15 is 0 Å². The van der Waals surface area contributed by atoms with Gasteiger partial charge in [-0.2, -0.15) is 0 Å². The molecule has 3 heteroatoms. The molecule has 0 bridgehead atoms. The van der Waals surface area contributed by atoms with E-state index < -0.39 is 115 Å². The molecular weight excluding hydrogens is 723 g/mol. The van der Waals surface area contributed by atoms with Gasteiger partial charge in [0, 0.05) is 0 Å². The molecule has 240 valence electrons. The fourth-order valence-corrected chi connectivity index (χ4v) is 21.1. The van der Waals surface area contributed by atoms with Gasteiger partial charge >= 0.3 is 303 Å². The molecule has 0 aliphatic carbocycles. The van der Waals surface area contributed by atoms with Crippen molar-refractivity contribution in [3.8, 4) is 11.4 Å². The van der Waals surface area contributed by atoms with E-state index in [-0.39, 0.29) is 43.6 Å². The Bertz CT molecular complexity index is 3530. The summed E-state index contributed by atoms with van der Waals surface area (Å²) in [6.07, 6.45) is 0. The van der Waals surface area contributed by atoms with Gasteiger partial charge in [0.1, 0.15) is 0 Å². The molecule has 0 aliphatic rings. The first kappa shape index (κ1) is 18.4. The molecule has 8 aromatic carbocycles. The summed E-state index contributed by atoms with van der Waals surface area (Å²) in [5.41, 5.74) is -0.964. The number of aromatic nitrogens is 2. The van der Waals surface area contributed by atoms with Crippen LogP contribution in [0, 0.1) is 0 Å². The topological polar surface area (TPSA) is 9.86 Å². The van der Waals surface area contributed by atoms with E-state index in [0.29, 0.717) is 5.69 Å². The fraction of sp³-hybridized carbons (Fsp3) is 0. The van der Waals surface area contributed by atoms with Crippen molar-refractivity contribution in [1.82, 2.24) is 9.13 Å². The van der Waals surface area contributed by atoms with Gasteiger partial charge in [-0.05, 0) is 0 Å². The zero-order valence-corrected chi connectivity index (χ0v) is 29.7. The molecule has 2 aromatic heterocycles. The van der Waals surface area contributed by atoms with E-state index in [2.05, 4.69) is 36.4 Å². The summed E-state index contributed by atoms with van der Waals surface area (Å²) in [4.78, 5) is 0. The third kappa shape index (κ3) is 4.63. The molecule has 0 N–H and O–H groups in total. The Morgan fingerprint density at radius 3 is 1.27 bits per heavy atom. The number of benzene rings is 8. The van der Waals surface area contributed by atoms with Crippen LogP contribution in [0.3, 0.4) is 0 Å². The summed E-state index contributed by atoms with van der Waals surface area (Å²) < 4.78 is 143. The monoisotopic (exact) mass is 773 g/mol. The van der Waals surface area contributed by atoms with Crippen molar-refractivity contribution in [3.63, 3.8) is 0 Å². The van der Waals surface area contributed by atoms with Gasteiger partial charge in [-0.25, -0.2) is 0 Å². The molecule has 2 heterocycles. The number of fused-ring (bicyclic) bond motifs is 6. The summed E-state index contributed by atoms with van der Waals surface area (Å²) in [7, 11) is 0. The normalized spacial score (nSPS) is 16.0. The minimum absolute atomic E-state index is 0.0716. The Morgan fingerprint density at radius 2 is 0.765 bits per heavy atom. The summed E-state index contributed by atoms with van der Waals surface area (Å²) in [6.45, 7) is 0. The quantitative estimate of drug-likeness (QED) is 0.149. The molecular formula is C48H34N2Sn. The molecule has 0 unspecified atom stereocenters. The van der Waals surface area contributed by atoms with E-state index in [1.54, 1.807) is 6.07 Å². The Hall–Kier alpha value is -5.84. The average Bonchev–Trinajstić information content (AvgIpc) is 3.89. The van der Waals surface area contributed by atoms with Crippen LogP contribution in [0.4, 0.5) is 0 Å². The maximum atomic E-state index is 10.0. The number of hydrogen-bond acceptors (Lipinski definition) is 0. The standard InChI is InChI=1S/C30H19N2.3C6H5.Sn/c1-2-10-21(11-3-1)31-29-17-9-6-14-25(29)26-20-22(18-19-30(26)31)32-27-15-7-4-12-23(27)24-13-5-8-16-28(24)32;3*1-2-4-6-5-3-1;/h1-2,4-20H;3*1-5H;/i4D,5D,6D,7D,8D,9D,12D,13D,14D,15D,16D,17D,18D,19D,20D;;;;. The summed E-state index contributed by atoms with van der Waals surface area (Å²) in [6, 6.07) is 29.0. The number of nitrogens with zero attached hydrogens (tertiary/aromatic N) is 2. The van der Waals surface area contributed by atoms with Crippen molar-refractivity contribution in [2.45, 2.75) is 0 Å². The summed E-state index contributed by atoms with van der Waals surface area (Å²) in [5, 5.41) is -0.868. The molecule has 0 atom stereocenters. The predicted octanol–water partition coefficient (Wildman–Crippen LogP) is 9.26. The molecule has 0 saturated carbocycles. The predicted molar refractivity (Wildman–Crippen MR) is 219 cm³/mol. The second kappa shape index (κ2) is 12.2. The van der Waals surface area contributed by atoms with Crippen molar-refractivity contribution in [2.75, 3.05) is 0 Å². The van der Waals surface area contributed by atoms with Gasteiger partial charge in [-0.1, -0.05) is 12.1 Å². The van der Waals surface area contributed by atoms with Gasteiger partial charge in [0.2, 0.25) is 0 Å². The zero-order chi connectivity index (χ0) is 46.8. The van der Waals surface area contributed by atoms with E-state index in [1.165, 1.54) is 4.57 Å². The van der Waals surface area contributed by atoms with E-state index in [4.69, 9.17) is 13.7 Å². The molecule has 0 amide bonds. The molecule has 0 aliphatic heterocycles. The second-order valence-electron chi connectivity index (χ2n) is 12.2. The summed E-state index contributed by atoms with van der Waals surface area (Å²) in [5.74, 6) is 0. The Kier molecular flexibility index (Phi) is 4.40. The number of para-hydroxylation sites is 3. The molecule has 0 radical (unpaired) electrons. The van der Waals surface area contributed by atoms with Gasteiger partial charge in [-0.15, -0.1) is 0 Å². The first-order chi connectivity index (χ1) is 31.6. The van der Waals surface area contributed by atoms with Gasteiger partial charge in [0.15, 0.2) is 0 Å². The van der Waals surface area contributed by atoms with E-state index in [9.17, 15) is 6.85 Å². The molecule has 2 nitrogen and oxygen atoms in total. The van der Waals surface area contributed by atoms with Crippen LogP contribution in [0.5, 0.6) is 0 Å². The van der Waals surface area contributed by atoms with Gasteiger partial charge < -0.3 is 0 Å². The minimum atomic E-state index is -4.35. The van der Waals surface area contributed by atoms with Crippen LogP contribution in [-0.2, 0) is 0 Å². The Morgan fingerprint density at radius 1 is 0.353 bits per heavy atom. The Labute approximate surface area is 322 Å². The maximum absolute atomic E-state index is 10.0. The van der Waals surface area contributed by atoms with Gasteiger partial charge in [-0.3, -0.25) is 0 Å². The molecule has 0 saturated heterocycles. The molecule has 0 fully saturated rings. The van der Waals surface area contributed by atoms with Crippen molar-refractivity contribution in [3.05, 3.63) is 206 Å². The molecule has 10 rings (SSSR count). The fourth-order valence-electron chi connectivity index (χ4n) is 7.46. The Balaban J connectivity index is 1.39. The van der Waals surface area contributed by atoms with Crippen molar-refractivity contribution < 1.29 is 20.6 Å². The van der Waals surface area contributed by atoms with Crippen molar-refractivity contribution in [2.24, 2.45) is 0 Å². The van der Waals surface area contributed by atoms with Crippen molar-refractivity contribution in [1.29, 1.82) is 0 Å². The first-order valence-electron chi connectivity index (χ1n) is 23.9. The SMILES string of the molecule is [2H]c1c([2H])c([2H])c2c(c1[2H])c1c([2H])c(-n3c4c([2H])c([2H])c([2H])c([2H])c4c4c([2H])c([2H])c([2H])c([2H])c43)c([2H])c([2H])c1n2-c1ccc[c]([Sn]([c]2ccccc2)([c]2ccccc2)[c]2ccccc2)c1. The van der Waals surface area contributed by atoms with E-state index in [1.807, 2.05) is 72.8 Å². The van der Waals surface area contributed by atoms with Crippen LogP contribution < -0.4 is 14.3 Å². The third-order valence-electron chi connectivity index (χ3n) is 9.56. The van der Waals surface area contributed by atoms with Crippen LogP contribution in [0.15, 0.2) is 206 Å². The second-order valence-corrected chi connectivity index (χ2v) is 23.1. The number of rotatable bonds is 6. The van der Waals surface area contributed by atoms with Gasteiger partial charge in [0.25, 0.3) is 0 Å². The average molecular weight is 773 g/mol. The molecule has 0 spiro atoms. The van der Waals surface area contributed by atoms with E-state index in [0.717, 1.165) is 18.9 Å². The van der Waals surface area contributed by atoms with Crippen LogP contribution in [0.2, 0.25) is 0 Å². The van der Waals surface area contributed by atoms with Crippen LogP contribution in [-0.4, -0.2) is 27.5 Å². The third-order valence-corrected chi connectivity index (χ3v) is 23.2. The number of hydrogen-bond donors (Lipinski definition) is 0. The first-order valence-corrected chi connectivity index (χ1v) is 22.1. The van der Waals surface area contributed by atoms with Gasteiger partial charge in [0.05, 0.1) is 8.22 Å². The molecule has 10 aromatic rings. The molecule has 51 heavy (non-hydrogen) atoms. The van der Waals surface area contributed by atoms with Crippen LogP contribution in [0.1, 0.15) is 20.6 Å². The van der Waals surface area contributed by atoms with Crippen molar-refractivity contribution >= 4 is 76.3 Å². The van der Waals surface area contributed by atoms with Crippen LogP contribution >= 0.6 is 0 Å². The summed E-state index contributed by atoms with van der Waals surface area (Å²) >= 11 is -4.35. The zero-order valence-electron chi connectivity index (χ0n) is 41.9. The van der Waals surface area contributed by atoms with Crippen LogP contribution in [0.25, 0.3) is 55.0 Å².